The Bertz CT molecular complexity index is 1550. The molecule has 0 N–H and O–H groups in total. The second kappa shape index (κ2) is 27.7. The highest BCUT2D eigenvalue weighted by atomic mass is 28.4. The summed E-state index contributed by atoms with van der Waals surface area (Å²) in [5.74, 6) is 28.4. The number of ether oxygens (including phenoxy) is 1. The summed E-state index contributed by atoms with van der Waals surface area (Å²) in [6, 6.07) is 17.7. The molecule has 0 amide bonds. The Morgan fingerprint density at radius 1 is 0.723 bits per heavy atom. The van der Waals surface area contributed by atoms with Crippen LogP contribution >= 0.6 is 0 Å². The summed E-state index contributed by atoms with van der Waals surface area (Å²) in [5, 5.41) is 8.78. The minimum atomic E-state index is -1.36. The monoisotopic (exact) mass is 675 g/mol. The van der Waals surface area contributed by atoms with Crippen LogP contribution in [-0.4, -0.2) is 32.5 Å². The number of hydrogen-bond donors (Lipinski definition) is 0. The van der Waals surface area contributed by atoms with Gasteiger partial charge in [-0.1, -0.05) is 48.1 Å². The number of hydrogen-bond acceptors (Lipinski definition) is 4. The van der Waals surface area contributed by atoms with Crippen LogP contribution in [0, 0.1) is 82.9 Å². The first-order valence-electron chi connectivity index (χ1n) is 15.2. The average Bonchev–Trinajstić information content (AvgIpc) is 3.01. The number of allylic oxidation sites excluding steroid dienone is 1. The van der Waals surface area contributed by atoms with Gasteiger partial charge in [0.25, 0.3) is 9.28 Å². The Morgan fingerprint density at radius 2 is 1.15 bits per heavy atom. The lowest BCUT2D eigenvalue weighted by Gasteiger charge is -2.28. The van der Waals surface area contributed by atoms with Gasteiger partial charge in [0.2, 0.25) is 0 Å². The Kier molecular flexibility index (Phi) is 26.2. The van der Waals surface area contributed by atoms with Crippen molar-refractivity contribution in [1.82, 2.24) is 0 Å². The van der Waals surface area contributed by atoms with Gasteiger partial charge in [0.05, 0.1) is 18.2 Å². The van der Waals surface area contributed by atoms with E-state index in [1.807, 2.05) is 54.6 Å². The largest absolute Gasteiger partial charge is 0.494 e. The SMILES string of the molecule is C#CC#CC#CC.C=CCCCOc1ccc(-c2ccc(C#N)cc2)cc1.CC#CC#CC#CC.C[SiH](O[Si](C)(C)C)O[Si](C)(C)C. The van der Waals surface area contributed by atoms with E-state index in [0.29, 0.717) is 12.2 Å². The van der Waals surface area contributed by atoms with Gasteiger partial charge in [-0.05, 0) is 162 Å². The number of rotatable bonds is 10. The van der Waals surface area contributed by atoms with E-state index in [9.17, 15) is 0 Å². The number of unbranched alkanes of at least 4 members (excludes halogenated alkanes) is 1. The predicted octanol–water partition coefficient (Wildman–Crippen LogP) is 8.79. The molecule has 7 heteroatoms. The third-order valence-electron chi connectivity index (χ3n) is 4.82. The Balaban J connectivity index is 0. The molecule has 2 aromatic rings. The lowest BCUT2D eigenvalue weighted by Crippen LogP contribution is -2.41. The van der Waals surface area contributed by atoms with E-state index in [4.69, 9.17) is 24.7 Å². The van der Waals surface area contributed by atoms with Gasteiger partial charge in [0.15, 0.2) is 16.6 Å². The first-order valence-corrected chi connectivity index (χ1v) is 24.1. The molecule has 0 radical (unpaired) electrons. The minimum absolute atomic E-state index is 0.677. The molecule has 0 aromatic heterocycles. The van der Waals surface area contributed by atoms with Crippen LogP contribution in [-0.2, 0) is 8.23 Å². The van der Waals surface area contributed by atoms with Crippen molar-refractivity contribution in [3.8, 4) is 94.5 Å². The van der Waals surface area contributed by atoms with Crippen LogP contribution in [0.1, 0.15) is 39.2 Å². The van der Waals surface area contributed by atoms with Crippen LogP contribution in [0.15, 0.2) is 61.2 Å². The molecule has 0 spiro atoms. The molecule has 47 heavy (non-hydrogen) atoms. The van der Waals surface area contributed by atoms with Gasteiger partial charge in [0, 0.05) is 0 Å². The molecule has 0 fully saturated rings. The van der Waals surface area contributed by atoms with Crippen molar-refractivity contribution < 1.29 is 13.0 Å². The van der Waals surface area contributed by atoms with Crippen LogP contribution in [0.2, 0.25) is 45.8 Å². The van der Waals surface area contributed by atoms with Crippen molar-refractivity contribution in [2.45, 2.75) is 79.4 Å². The lowest BCUT2D eigenvalue weighted by atomic mass is 10.0. The highest BCUT2D eigenvalue weighted by molar-refractivity contribution is 6.80. The molecule has 0 aliphatic carbocycles. The zero-order valence-corrected chi connectivity index (χ0v) is 33.0. The van der Waals surface area contributed by atoms with Gasteiger partial charge in [-0.3, -0.25) is 0 Å². The fourth-order valence-electron chi connectivity index (χ4n) is 3.24. The molecule has 0 unspecified atom stereocenters. The number of terminal acetylenes is 1. The molecule has 4 nitrogen and oxygen atoms in total. The zero-order valence-electron chi connectivity index (χ0n) is 29.9. The lowest BCUT2D eigenvalue weighted by molar-refractivity contribution is 0.312. The van der Waals surface area contributed by atoms with Gasteiger partial charge in [-0.15, -0.1) is 13.0 Å². The maximum absolute atomic E-state index is 8.78. The maximum Gasteiger partial charge on any atom is 0.297 e. The summed E-state index contributed by atoms with van der Waals surface area (Å²) >= 11 is 0. The van der Waals surface area contributed by atoms with Crippen LogP contribution in [0.5, 0.6) is 5.75 Å². The second-order valence-electron chi connectivity index (χ2n) is 11.3. The Morgan fingerprint density at radius 3 is 1.51 bits per heavy atom. The fourth-order valence-corrected chi connectivity index (χ4v) is 11.8. The van der Waals surface area contributed by atoms with Gasteiger partial charge < -0.3 is 13.0 Å². The summed E-state index contributed by atoms with van der Waals surface area (Å²) in [6.45, 7) is 25.0. The van der Waals surface area contributed by atoms with Crippen molar-refractivity contribution in [3.05, 3.63) is 66.7 Å². The summed E-state index contributed by atoms with van der Waals surface area (Å²) in [4.78, 5) is 0. The van der Waals surface area contributed by atoms with Crippen molar-refractivity contribution in [3.63, 3.8) is 0 Å². The van der Waals surface area contributed by atoms with Gasteiger partial charge in [-0.2, -0.15) is 5.26 Å². The molecule has 2 aromatic carbocycles. The van der Waals surface area contributed by atoms with E-state index < -0.39 is 25.9 Å². The normalized spacial score (nSPS) is 8.87. The van der Waals surface area contributed by atoms with E-state index in [1.54, 1.807) is 20.8 Å². The molecule has 0 bridgehead atoms. The summed E-state index contributed by atoms with van der Waals surface area (Å²) < 4.78 is 17.5. The smallest absolute Gasteiger partial charge is 0.297 e. The molecule has 0 atom stereocenters. The fraction of sp³-hybridized carbons (Fsp3) is 0.325. The zero-order chi connectivity index (χ0) is 36.0. The third kappa shape index (κ3) is 29.9. The Labute approximate surface area is 290 Å². The van der Waals surface area contributed by atoms with Gasteiger partial charge >= 0.3 is 0 Å². The Hall–Kier alpha value is -4.60. The maximum atomic E-state index is 8.78. The molecule has 2 rings (SSSR count). The van der Waals surface area contributed by atoms with Crippen molar-refractivity contribution >= 4 is 25.9 Å². The minimum Gasteiger partial charge on any atom is -0.494 e. The van der Waals surface area contributed by atoms with Crippen LogP contribution in [0.25, 0.3) is 11.1 Å². The third-order valence-corrected chi connectivity index (χ3v) is 13.1. The molecule has 244 valence electrons. The number of benzene rings is 2. The quantitative estimate of drug-likeness (QED) is 0.109. The highest BCUT2D eigenvalue weighted by Gasteiger charge is 2.24. The van der Waals surface area contributed by atoms with Gasteiger partial charge in [-0.25, -0.2) is 0 Å². The molecule has 0 saturated heterocycles. The molecule has 0 aliphatic heterocycles. The average molecular weight is 676 g/mol. The molecule has 0 aliphatic rings. The van der Waals surface area contributed by atoms with Crippen LogP contribution in [0.4, 0.5) is 0 Å². The molecule has 0 saturated carbocycles. The van der Waals surface area contributed by atoms with Crippen LogP contribution < -0.4 is 4.74 Å². The van der Waals surface area contributed by atoms with Crippen LogP contribution in [0.3, 0.4) is 0 Å². The summed E-state index contributed by atoms with van der Waals surface area (Å²) in [6.07, 6.45) is 8.64. The number of nitriles is 1. The van der Waals surface area contributed by atoms with Crippen molar-refractivity contribution in [2.24, 2.45) is 0 Å². The number of nitrogens with zero attached hydrogens (tertiary/aromatic N) is 1. The standard InChI is InChI=1S/C18H17NO.C8H6.C7H22O2Si3.C7H4/c1-2-3-4-13-20-18-11-9-17(10-12-18)16-7-5-15(14-19)6-8-16;1-3-5-7-8-6-4-2;1-10(8-11(2,3)4)9-12(5,6)7;1-3-5-7-6-4-2/h2,5-12H,1,3-4,13H2;1-2H3;10H,1-7H3;1H,2H3. The van der Waals surface area contributed by atoms with E-state index in [2.05, 4.69) is 124 Å². The molecular formula is C40H49NO3Si3. The topological polar surface area (TPSA) is 51.5 Å². The summed E-state index contributed by atoms with van der Waals surface area (Å²) in [7, 11) is -4.05. The highest BCUT2D eigenvalue weighted by Crippen LogP contribution is 2.23. The van der Waals surface area contributed by atoms with E-state index in [0.717, 1.165) is 29.7 Å². The van der Waals surface area contributed by atoms with E-state index in [-0.39, 0.29) is 0 Å². The van der Waals surface area contributed by atoms with E-state index >= 15 is 0 Å². The molecular weight excluding hydrogens is 627 g/mol. The van der Waals surface area contributed by atoms with Gasteiger partial charge in [0.1, 0.15) is 5.75 Å². The van der Waals surface area contributed by atoms with Crippen molar-refractivity contribution in [1.29, 1.82) is 5.26 Å². The molecule has 0 heterocycles. The second-order valence-corrected chi connectivity index (χ2v) is 22.8. The first-order chi connectivity index (χ1) is 22.3. The van der Waals surface area contributed by atoms with Crippen molar-refractivity contribution in [2.75, 3.05) is 6.61 Å². The predicted molar refractivity (Wildman–Crippen MR) is 208 cm³/mol. The summed E-state index contributed by atoms with van der Waals surface area (Å²) in [5.41, 5.74) is 2.89. The first kappa shape index (κ1) is 44.5. The van der Waals surface area contributed by atoms with E-state index in [1.165, 1.54) is 0 Å².